The highest BCUT2D eigenvalue weighted by atomic mass is 32.1. The minimum atomic E-state index is -5.08. The molecule has 2 N–H and O–H groups in total. The highest BCUT2D eigenvalue weighted by Gasteiger charge is 2.45. The van der Waals surface area contributed by atoms with E-state index in [-0.39, 0.29) is 11.9 Å². The van der Waals surface area contributed by atoms with Gasteiger partial charge in [-0.3, -0.25) is 14.7 Å². The smallest absolute Gasteiger partial charge is 0.475 e. The minimum Gasteiger partial charge on any atom is -0.475 e. The lowest BCUT2D eigenvalue weighted by Gasteiger charge is -2.38. The van der Waals surface area contributed by atoms with Crippen molar-refractivity contribution in [1.82, 2.24) is 19.4 Å². The summed E-state index contributed by atoms with van der Waals surface area (Å²) >= 11 is 1.86. The first-order valence-corrected chi connectivity index (χ1v) is 12.6. The van der Waals surface area contributed by atoms with E-state index in [1.54, 1.807) is 6.20 Å². The number of thiophene rings is 1. The van der Waals surface area contributed by atoms with Gasteiger partial charge >= 0.3 is 24.3 Å². The molecule has 5 rings (SSSR count). The van der Waals surface area contributed by atoms with Crippen molar-refractivity contribution in [2.45, 2.75) is 44.4 Å². The summed E-state index contributed by atoms with van der Waals surface area (Å²) in [6.45, 7) is 5.54. The van der Waals surface area contributed by atoms with Gasteiger partial charge in [-0.25, -0.2) is 9.59 Å². The number of carboxylic acid groups (broad SMARTS) is 2. The van der Waals surface area contributed by atoms with Crippen molar-refractivity contribution >= 4 is 29.2 Å². The summed E-state index contributed by atoms with van der Waals surface area (Å²) in [5.41, 5.74) is 1.73. The molecular formula is C25H24F6N4O5S. The molecule has 0 saturated carbocycles. The molecule has 5 heterocycles. The quantitative estimate of drug-likeness (QED) is 0.417. The number of alkyl halides is 6. The maximum absolute atomic E-state index is 13.2. The number of aryl methyl sites for hydroxylation is 1. The average Bonchev–Trinajstić information content (AvgIpc) is 3.62. The molecule has 1 fully saturated rings. The zero-order valence-corrected chi connectivity index (χ0v) is 22.1. The van der Waals surface area contributed by atoms with Gasteiger partial charge in [-0.1, -0.05) is 6.07 Å². The van der Waals surface area contributed by atoms with E-state index in [9.17, 15) is 31.1 Å². The molecule has 0 aromatic carbocycles. The predicted molar refractivity (Wildman–Crippen MR) is 133 cm³/mol. The van der Waals surface area contributed by atoms with Crippen molar-refractivity contribution in [3.8, 4) is 0 Å². The number of carbonyl (C=O) groups is 3. The molecule has 0 aliphatic carbocycles. The summed E-state index contributed by atoms with van der Waals surface area (Å²) in [6, 6.07) is 14.7. The zero-order chi connectivity index (χ0) is 30.5. The van der Waals surface area contributed by atoms with Gasteiger partial charge in [0.25, 0.3) is 5.91 Å². The van der Waals surface area contributed by atoms with Gasteiger partial charge in [0.05, 0.1) is 24.3 Å². The van der Waals surface area contributed by atoms with Crippen molar-refractivity contribution in [3.63, 3.8) is 0 Å². The third kappa shape index (κ3) is 8.29. The number of rotatable bonds is 4. The zero-order valence-electron chi connectivity index (χ0n) is 21.3. The first-order valence-electron chi connectivity index (χ1n) is 11.8. The van der Waals surface area contributed by atoms with Crippen LogP contribution in [-0.2, 0) is 22.7 Å². The molecule has 2 unspecified atom stereocenters. The van der Waals surface area contributed by atoms with E-state index in [0.717, 1.165) is 31.0 Å². The fourth-order valence-electron chi connectivity index (χ4n) is 4.36. The second kappa shape index (κ2) is 12.7. The van der Waals surface area contributed by atoms with Crippen LogP contribution in [0.5, 0.6) is 0 Å². The Morgan fingerprint density at radius 1 is 0.927 bits per heavy atom. The molecule has 16 heteroatoms. The average molecular weight is 607 g/mol. The monoisotopic (exact) mass is 606 g/mol. The van der Waals surface area contributed by atoms with E-state index in [2.05, 4.69) is 39.7 Å². The van der Waals surface area contributed by atoms with Gasteiger partial charge in [-0.05, 0) is 43.3 Å². The lowest BCUT2D eigenvalue weighted by atomic mass is 10.1. The summed E-state index contributed by atoms with van der Waals surface area (Å²) in [4.78, 5) is 42.6. The summed E-state index contributed by atoms with van der Waals surface area (Å²) in [5.74, 6) is -5.40. The topological polar surface area (TPSA) is 116 Å². The second-order valence-electron chi connectivity index (χ2n) is 9.00. The molecule has 0 spiro atoms. The summed E-state index contributed by atoms with van der Waals surface area (Å²) in [6.07, 6.45) is -6.31. The molecule has 1 saturated heterocycles. The van der Waals surface area contributed by atoms with Crippen LogP contribution in [0.1, 0.15) is 32.0 Å². The summed E-state index contributed by atoms with van der Waals surface area (Å²) in [7, 11) is 0. The Bertz CT molecular complexity index is 1330. The fourth-order valence-corrected chi connectivity index (χ4v) is 5.30. The molecule has 0 bridgehead atoms. The normalized spacial score (nSPS) is 18.4. The van der Waals surface area contributed by atoms with E-state index in [4.69, 9.17) is 19.8 Å². The Kier molecular flexibility index (Phi) is 9.81. The minimum absolute atomic E-state index is 0.112. The number of fused-ring (bicyclic) bond motifs is 3. The highest BCUT2D eigenvalue weighted by Crippen LogP contribution is 2.35. The number of aliphatic carboxylic acids is 2. The van der Waals surface area contributed by atoms with Crippen LogP contribution in [0, 0.1) is 6.92 Å². The van der Waals surface area contributed by atoms with Gasteiger partial charge in [0.1, 0.15) is 5.69 Å². The van der Waals surface area contributed by atoms with Crippen LogP contribution >= 0.6 is 11.3 Å². The van der Waals surface area contributed by atoms with Crippen LogP contribution in [0.2, 0.25) is 0 Å². The molecule has 0 radical (unpaired) electrons. The van der Waals surface area contributed by atoms with Crippen molar-refractivity contribution in [2.75, 3.05) is 13.1 Å². The SMILES string of the molecule is Cc1ccc(CN2CC3C(C2)n2cccc2C(=O)N3Cc2ccccn2)s1.O=C(O)C(F)(F)F.O=C(O)C(F)(F)F. The number of nitrogens with zero attached hydrogens (tertiary/aromatic N) is 4. The third-order valence-corrected chi connectivity index (χ3v) is 7.06. The lowest BCUT2D eigenvalue weighted by Crippen LogP contribution is -2.49. The number of carboxylic acids is 2. The Hall–Kier alpha value is -3.92. The number of hydrogen-bond acceptors (Lipinski definition) is 6. The molecule has 2 aliphatic rings. The second-order valence-corrected chi connectivity index (χ2v) is 10.4. The van der Waals surface area contributed by atoms with E-state index < -0.39 is 24.3 Å². The van der Waals surface area contributed by atoms with Gasteiger partial charge in [-0.2, -0.15) is 26.3 Å². The molecule has 3 aromatic rings. The van der Waals surface area contributed by atoms with Crippen LogP contribution in [0.3, 0.4) is 0 Å². The maximum Gasteiger partial charge on any atom is 0.490 e. The molecule has 222 valence electrons. The van der Waals surface area contributed by atoms with Crippen molar-refractivity contribution in [1.29, 1.82) is 0 Å². The van der Waals surface area contributed by atoms with Gasteiger partial charge in [0.2, 0.25) is 0 Å². The van der Waals surface area contributed by atoms with Gasteiger partial charge in [0, 0.05) is 41.8 Å². The molecule has 2 atom stereocenters. The molecular weight excluding hydrogens is 582 g/mol. The van der Waals surface area contributed by atoms with Crippen LogP contribution < -0.4 is 0 Å². The summed E-state index contributed by atoms with van der Waals surface area (Å²) in [5, 5.41) is 14.2. The van der Waals surface area contributed by atoms with Gasteiger partial charge in [0.15, 0.2) is 0 Å². The van der Waals surface area contributed by atoms with Gasteiger partial charge in [-0.15, -0.1) is 11.3 Å². The standard InChI is InChI=1S/C21H22N4OS.2C2HF3O2/c1-15-7-8-17(27-15)12-23-13-19-20(14-23)25(11-16-5-2-3-9-22-16)21(26)18-6-4-10-24(18)19;2*3-2(4,5)1(6)7/h2-10,19-20H,11-14H2,1H3;2*(H,6,7). The highest BCUT2D eigenvalue weighted by molar-refractivity contribution is 7.11. The van der Waals surface area contributed by atoms with E-state index in [1.807, 2.05) is 46.6 Å². The molecule has 2 aliphatic heterocycles. The van der Waals surface area contributed by atoms with Crippen molar-refractivity contribution in [3.05, 3.63) is 76.0 Å². The molecule has 41 heavy (non-hydrogen) atoms. The van der Waals surface area contributed by atoms with E-state index in [1.165, 1.54) is 9.75 Å². The first-order chi connectivity index (χ1) is 19.1. The number of likely N-dealkylation sites (tertiary alicyclic amines) is 1. The van der Waals surface area contributed by atoms with E-state index in [0.29, 0.717) is 12.6 Å². The van der Waals surface area contributed by atoms with Crippen LogP contribution in [0.15, 0.2) is 54.9 Å². The number of amides is 1. The lowest BCUT2D eigenvalue weighted by molar-refractivity contribution is -0.193. The molecule has 3 aromatic heterocycles. The Morgan fingerprint density at radius 2 is 1.54 bits per heavy atom. The maximum atomic E-state index is 13.2. The van der Waals surface area contributed by atoms with Crippen LogP contribution in [0.4, 0.5) is 26.3 Å². The van der Waals surface area contributed by atoms with Gasteiger partial charge < -0.3 is 19.7 Å². The van der Waals surface area contributed by atoms with E-state index >= 15 is 0 Å². The Morgan fingerprint density at radius 3 is 2.05 bits per heavy atom. The Labute approximate surface area is 233 Å². The molecule has 9 nitrogen and oxygen atoms in total. The summed E-state index contributed by atoms with van der Waals surface area (Å²) < 4.78 is 65.7. The predicted octanol–water partition coefficient (Wildman–Crippen LogP) is 4.60. The Balaban J connectivity index is 0.000000276. The van der Waals surface area contributed by atoms with Crippen LogP contribution in [0.25, 0.3) is 0 Å². The number of hydrogen-bond donors (Lipinski definition) is 2. The molecule has 1 amide bonds. The van der Waals surface area contributed by atoms with Crippen molar-refractivity contribution < 1.29 is 50.9 Å². The number of halogens is 6. The van der Waals surface area contributed by atoms with Crippen molar-refractivity contribution in [2.24, 2.45) is 0 Å². The largest absolute Gasteiger partial charge is 0.490 e. The number of carbonyl (C=O) groups excluding carboxylic acids is 1. The number of pyridine rings is 1. The van der Waals surface area contributed by atoms with Crippen LogP contribution in [-0.4, -0.2) is 78.9 Å². The first kappa shape index (κ1) is 31.6. The third-order valence-electron chi connectivity index (χ3n) is 6.07. The number of aromatic nitrogens is 2. The fraction of sp³-hybridized carbons (Fsp3) is 0.360.